The van der Waals surface area contributed by atoms with Crippen LogP contribution in [0.3, 0.4) is 0 Å². The molecule has 0 saturated carbocycles. The van der Waals surface area contributed by atoms with Gasteiger partial charge in [0, 0.05) is 5.69 Å². The first-order valence-corrected chi connectivity index (χ1v) is 11.1. The van der Waals surface area contributed by atoms with E-state index in [1.165, 1.54) is 6.92 Å². The number of para-hydroxylation sites is 1. The van der Waals surface area contributed by atoms with Gasteiger partial charge in [0.1, 0.15) is 6.54 Å². The Labute approximate surface area is 171 Å². The molecule has 2 aromatic carbocycles. The number of carbonyl (C=O) groups is 2. The Morgan fingerprint density at radius 2 is 1.72 bits per heavy atom. The summed E-state index contributed by atoms with van der Waals surface area (Å²) < 4.78 is 30.5. The predicted molar refractivity (Wildman–Crippen MR) is 113 cm³/mol. The summed E-state index contributed by atoms with van der Waals surface area (Å²) in [5.74, 6) is -1.31. The van der Waals surface area contributed by atoms with E-state index in [2.05, 4.69) is 5.32 Å². The van der Waals surface area contributed by atoms with Gasteiger partial charge in [0.25, 0.3) is 5.91 Å². The Morgan fingerprint density at radius 3 is 2.28 bits per heavy atom. The van der Waals surface area contributed by atoms with Crippen LogP contribution in [0.2, 0.25) is 0 Å². The van der Waals surface area contributed by atoms with Crippen molar-refractivity contribution in [2.45, 2.75) is 33.3 Å². The van der Waals surface area contributed by atoms with Crippen LogP contribution in [0.1, 0.15) is 25.0 Å². The number of nitrogens with zero attached hydrogens (tertiary/aromatic N) is 1. The average molecular weight is 419 g/mol. The minimum Gasteiger partial charge on any atom is -0.451 e. The first-order chi connectivity index (χ1) is 13.6. The van der Waals surface area contributed by atoms with Crippen molar-refractivity contribution in [3.63, 3.8) is 0 Å². The summed E-state index contributed by atoms with van der Waals surface area (Å²) in [5.41, 5.74) is 2.82. The van der Waals surface area contributed by atoms with Gasteiger partial charge in [-0.2, -0.15) is 0 Å². The summed E-state index contributed by atoms with van der Waals surface area (Å²) >= 11 is 0. The lowest BCUT2D eigenvalue weighted by Gasteiger charge is -2.24. The fraction of sp³-hybridized carbons (Fsp3) is 0.333. The maximum absolute atomic E-state index is 12.3. The van der Waals surface area contributed by atoms with Gasteiger partial charge in [-0.3, -0.25) is 13.9 Å². The van der Waals surface area contributed by atoms with Crippen molar-refractivity contribution < 1.29 is 22.7 Å². The quantitative estimate of drug-likeness (QED) is 0.666. The van der Waals surface area contributed by atoms with E-state index in [1.807, 2.05) is 19.1 Å². The monoisotopic (exact) mass is 418 g/mol. The molecule has 2 aromatic rings. The topological polar surface area (TPSA) is 92.8 Å². The fourth-order valence-electron chi connectivity index (χ4n) is 2.70. The number of hydrogen-bond donors (Lipinski definition) is 1. The molecule has 0 aliphatic heterocycles. The molecule has 0 aromatic heterocycles. The summed E-state index contributed by atoms with van der Waals surface area (Å²) in [6.07, 6.45) is 0.828. The molecule has 0 heterocycles. The molecule has 0 aliphatic rings. The third-order valence-corrected chi connectivity index (χ3v) is 5.49. The largest absolute Gasteiger partial charge is 0.451 e. The zero-order chi connectivity index (χ0) is 21.6. The molecule has 1 atom stereocenters. The maximum atomic E-state index is 12.3. The van der Waals surface area contributed by atoms with Gasteiger partial charge >= 0.3 is 5.97 Å². The summed E-state index contributed by atoms with van der Waals surface area (Å²) in [6.45, 7) is 4.70. The van der Waals surface area contributed by atoms with Crippen LogP contribution < -0.4 is 9.62 Å². The van der Waals surface area contributed by atoms with Gasteiger partial charge in [-0.15, -0.1) is 0 Å². The highest BCUT2D eigenvalue weighted by Gasteiger charge is 2.25. The zero-order valence-electron chi connectivity index (χ0n) is 17.0. The van der Waals surface area contributed by atoms with Crippen LogP contribution in [0.4, 0.5) is 11.4 Å². The van der Waals surface area contributed by atoms with Gasteiger partial charge < -0.3 is 10.1 Å². The van der Waals surface area contributed by atoms with Gasteiger partial charge in [0.2, 0.25) is 10.0 Å². The van der Waals surface area contributed by atoms with Gasteiger partial charge in [-0.1, -0.05) is 37.3 Å². The van der Waals surface area contributed by atoms with Crippen LogP contribution in [-0.2, 0) is 30.8 Å². The number of rotatable bonds is 8. The van der Waals surface area contributed by atoms with Crippen LogP contribution in [0.15, 0.2) is 48.5 Å². The number of hydrogen-bond acceptors (Lipinski definition) is 5. The lowest BCUT2D eigenvalue weighted by atomic mass is 10.1. The third-order valence-electron chi connectivity index (χ3n) is 4.36. The number of esters is 1. The van der Waals surface area contributed by atoms with Crippen molar-refractivity contribution in [3.05, 3.63) is 59.7 Å². The zero-order valence-corrected chi connectivity index (χ0v) is 17.8. The molecule has 0 bridgehead atoms. The molecule has 0 saturated heterocycles. The molecule has 156 valence electrons. The van der Waals surface area contributed by atoms with E-state index in [9.17, 15) is 18.0 Å². The van der Waals surface area contributed by atoms with E-state index in [4.69, 9.17) is 4.74 Å². The number of benzene rings is 2. The van der Waals surface area contributed by atoms with Crippen molar-refractivity contribution in [1.29, 1.82) is 0 Å². The SMILES string of the molecule is CCc1ccc(NC(=O)[C@H](C)OC(=O)CN(c2ccccc2C)S(C)(=O)=O)cc1. The smallest absolute Gasteiger partial charge is 0.327 e. The highest BCUT2D eigenvalue weighted by atomic mass is 32.2. The fourth-order valence-corrected chi connectivity index (χ4v) is 3.60. The van der Waals surface area contributed by atoms with E-state index in [1.54, 1.807) is 43.3 Å². The number of aryl methyl sites for hydroxylation is 2. The Hall–Kier alpha value is -2.87. The molecule has 0 radical (unpaired) electrons. The molecule has 0 fully saturated rings. The van der Waals surface area contributed by atoms with E-state index < -0.39 is 34.5 Å². The van der Waals surface area contributed by atoms with Crippen molar-refractivity contribution in [2.24, 2.45) is 0 Å². The predicted octanol–water partition coefficient (Wildman–Crippen LogP) is 2.89. The highest BCUT2D eigenvalue weighted by molar-refractivity contribution is 7.92. The molecule has 1 amide bonds. The number of carbonyl (C=O) groups excluding carboxylic acids is 2. The molecular formula is C21H26N2O5S. The van der Waals surface area contributed by atoms with Crippen molar-refractivity contribution in [2.75, 3.05) is 22.4 Å². The van der Waals surface area contributed by atoms with E-state index in [0.29, 0.717) is 16.9 Å². The second-order valence-electron chi connectivity index (χ2n) is 6.73. The first kappa shape index (κ1) is 22.4. The van der Waals surface area contributed by atoms with Crippen LogP contribution >= 0.6 is 0 Å². The minimum absolute atomic E-state index is 0.389. The number of nitrogens with one attached hydrogen (secondary N) is 1. The van der Waals surface area contributed by atoms with Gasteiger partial charge in [-0.25, -0.2) is 8.42 Å². The number of amides is 1. The molecule has 2 rings (SSSR count). The minimum atomic E-state index is -3.71. The second kappa shape index (κ2) is 9.56. The van der Waals surface area contributed by atoms with Crippen LogP contribution in [0.25, 0.3) is 0 Å². The maximum Gasteiger partial charge on any atom is 0.327 e. The molecular weight excluding hydrogens is 392 g/mol. The van der Waals surface area contributed by atoms with E-state index >= 15 is 0 Å². The van der Waals surface area contributed by atoms with Gasteiger partial charge in [0.15, 0.2) is 6.10 Å². The summed E-state index contributed by atoms with van der Waals surface area (Å²) in [6, 6.07) is 14.2. The third kappa shape index (κ3) is 6.32. The second-order valence-corrected chi connectivity index (χ2v) is 8.63. The summed E-state index contributed by atoms with van der Waals surface area (Å²) in [7, 11) is -3.71. The van der Waals surface area contributed by atoms with E-state index in [-0.39, 0.29) is 0 Å². The Balaban J connectivity index is 2.03. The van der Waals surface area contributed by atoms with Crippen molar-refractivity contribution in [1.82, 2.24) is 0 Å². The van der Waals surface area contributed by atoms with Crippen LogP contribution in [-0.4, -0.2) is 39.2 Å². The van der Waals surface area contributed by atoms with E-state index in [0.717, 1.165) is 22.5 Å². The Morgan fingerprint density at radius 1 is 1.10 bits per heavy atom. The van der Waals surface area contributed by atoms with Gasteiger partial charge in [-0.05, 0) is 49.6 Å². The Bertz CT molecular complexity index is 971. The molecule has 0 unspecified atom stereocenters. The molecule has 29 heavy (non-hydrogen) atoms. The van der Waals surface area contributed by atoms with Crippen LogP contribution in [0, 0.1) is 6.92 Å². The number of sulfonamides is 1. The summed E-state index contributed by atoms with van der Waals surface area (Å²) in [4.78, 5) is 24.6. The first-order valence-electron chi connectivity index (χ1n) is 9.24. The molecule has 7 nitrogen and oxygen atoms in total. The Kier molecular flexibility index (Phi) is 7.39. The lowest BCUT2D eigenvalue weighted by Crippen LogP contribution is -2.39. The van der Waals surface area contributed by atoms with Crippen LogP contribution in [0.5, 0.6) is 0 Å². The van der Waals surface area contributed by atoms with Gasteiger partial charge in [0.05, 0.1) is 11.9 Å². The highest BCUT2D eigenvalue weighted by Crippen LogP contribution is 2.22. The lowest BCUT2D eigenvalue weighted by molar-refractivity contribution is -0.151. The molecule has 1 N–H and O–H groups in total. The molecule has 0 spiro atoms. The van der Waals surface area contributed by atoms with Crippen molar-refractivity contribution in [3.8, 4) is 0 Å². The number of anilines is 2. The average Bonchev–Trinajstić information content (AvgIpc) is 2.66. The molecule has 8 heteroatoms. The van der Waals surface area contributed by atoms with Crippen molar-refractivity contribution >= 4 is 33.3 Å². The molecule has 0 aliphatic carbocycles. The number of ether oxygens (including phenoxy) is 1. The standard InChI is InChI=1S/C21H26N2O5S/c1-5-17-10-12-18(13-11-17)22-21(25)16(3)28-20(24)14-23(29(4,26)27)19-9-7-6-8-15(19)2/h6-13,16H,5,14H2,1-4H3,(H,22,25)/t16-/m0/s1. The normalized spacial score (nSPS) is 12.1. The summed E-state index contributed by atoms with van der Waals surface area (Å²) in [5, 5.41) is 2.67.